The lowest BCUT2D eigenvalue weighted by Gasteiger charge is -2.18. The molecule has 0 bridgehead atoms. The predicted molar refractivity (Wildman–Crippen MR) is 116 cm³/mol. The number of hydrogen-bond acceptors (Lipinski definition) is 7. The van der Waals surface area contributed by atoms with E-state index in [1.807, 2.05) is 69.7 Å². The van der Waals surface area contributed by atoms with Crippen molar-refractivity contribution in [2.24, 2.45) is 5.10 Å². The van der Waals surface area contributed by atoms with Crippen LogP contribution in [0.25, 0.3) is 0 Å². The first-order chi connectivity index (χ1) is 13.4. The zero-order valence-electron chi connectivity index (χ0n) is 16.8. The van der Waals surface area contributed by atoms with Gasteiger partial charge in [-0.2, -0.15) is 5.10 Å². The maximum Gasteiger partial charge on any atom is 0.124 e. The second kappa shape index (κ2) is 10.1. The summed E-state index contributed by atoms with van der Waals surface area (Å²) in [5.41, 5.74) is 3.62. The quantitative estimate of drug-likeness (QED) is 0.393. The van der Waals surface area contributed by atoms with Gasteiger partial charge in [0.1, 0.15) is 11.5 Å². The lowest BCUT2D eigenvalue weighted by atomic mass is 10.2. The molecule has 0 unspecified atom stereocenters. The molecule has 2 aromatic carbocycles. The topological polar surface area (TPSA) is 83.4 Å². The molecule has 2 aromatic rings. The van der Waals surface area contributed by atoms with E-state index < -0.39 is 0 Å². The molecule has 0 atom stereocenters. The van der Waals surface area contributed by atoms with E-state index in [0.717, 1.165) is 29.2 Å². The smallest absolute Gasteiger partial charge is 0.124 e. The minimum Gasteiger partial charge on any atom is -0.508 e. The molecule has 7 nitrogen and oxygen atoms in total. The highest BCUT2D eigenvalue weighted by Gasteiger charge is 2.04. The summed E-state index contributed by atoms with van der Waals surface area (Å²) >= 11 is 0. The van der Waals surface area contributed by atoms with Crippen LogP contribution in [0.4, 0.5) is 11.4 Å². The van der Waals surface area contributed by atoms with Gasteiger partial charge in [-0.15, -0.1) is 0 Å². The number of rotatable bonds is 9. The summed E-state index contributed by atoms with van der Waals surface area (Å²) < 4.78 is 0. The van der Waals surface area contributed by atoms with Gasteiger partial charge in [0.2, 0.25) is 0 Å². The molecule has 0 aliphatic heterocycles. The zero-order chi connectivity index (χ0) is 20.5. The van der Waals surface area contributed by atoms with Crippen molar-refractivity contribution < 1.29 is 10.2 Å². The SMILES string of the molecule is CN/C=C\N(C)C/C(C)=N/N(C)c1ccc(NCc2ccc(O)cc2O)cc1. The summed E-state index contributed by atoms with van der Waals surface area (Å²) in [7, 11) is 5.79. The Kier molecular flexibility index (Phi) is 7.56. The third-order valence-corrected chi connectivity index (χ3v) is 4.09. The van der Waals surface area contributed by atoms with E-state index in [1.165, 1.54) is 6.07 Å². The van der Waals surface area contributed by atoms with Crippen LogP contribution in [0.2, 0.25) is 0 Å². The van der Waals surface area contributed by atoms with Crippen molar-refractivity contribution >= 4 is 17.1 Å². The standard InChI is InChI=1S/C21H29N5O2/c1-16(15-25(3)12-11-22-2)24-26(4)19-8-6-18(7-9-19)23-14-17-5-10-20(27)13-21(17)28/h5-13,22-23,27-28H,14-15H2,1-4H3/b12-11-,24-16+. The number of nitrogens with zero attached hydrogens (tertiary/aromatic N) is 3. The first-order valence-electron chi connectivity index (χ1n) is 9.06. The molecule has 0 spiro atoms. The van der Waals surface area contributed by atoms with Crippen LogP contribution in [0.15, 0.2) is 60.0 Å². The fraction of sp³-hybridized carbons (Fsp3) is 0.286. The Morgan fingerprint density at radius 2 is 1.82 bits per heavy atom. The summed E-state index contributed by atoms with van der Waals surface area (Å²) in [6.07, 6.45) is 3.84. The molecule has 28 heavy (non-hydrogen) atoms. The van der Waals surface area contributed by atoms with Gasteiger partial charge in [0, 0.05) is 57.4 Å². The van der Waals surface area contributed by atoms with Crippen LogP contribution in [-0.2, 0) is 6.54 Å². The Bertz CT molecular complexity index is 818. The molecular formula is C21H29N5O2. The van der Waals surface area contributed by atoms with Crippen LogP contribution in [0.5, 0.6) is 11.5 Å². The van der Waals surface area contributed by atoms with Crippen LogP contribution in [0.1, 0.15) is 12.5 Å². The summed E-state index contributed by atoms with van der Waals surface area (Å²) in [6.45, 7) is 3.20. The Morgan fingerprint density at radius 3 is 2.46 bits per heavy atom. The minimum atomic E-state index is 0.0498. The van der Waals surface area contributed by atoms with Gasteiger partial charge < -0.3 is 25.7 Å². The lowest BCUT2D eigenvalue weighted by molar-refractivity contribution is 0.446. The molecule has 7 heteroatoms. The van der Waals surface area contributed by atoms with Crippen molar-refractivity contribution in [3.8, 4) is 11.5 Å². The monoisotopic (exact) mass is 383 g/mol. The number of hydrazone groups is 1. The molecule has 0 radical (unpaired) electrons. The largest absolute Gasteiger partial charge is 0.508 e. The van der Waals surface area contributed by atoms with Gasteiger partial charge in [-0.1, -0.05) is 0 Å². The van der Waals surface area contributed by atoms with Gasteiger partial charge in [0.05, 0.1) is 17.9 Å². The average Bonchev–Trinajstić information content (AvgIpc) is 2.66. The van der Waals surface area contributed by atoms with E-state index in [-0.39, 0.29) is 11.5 Å². The maximum absolute atomic E-state index is 9.85. The fourth-order valence-corrected chi connectivity index (χ4v) is 2.65. The number of benzene rings is 2. The molecule has 0 heterocycles. The van der Waals surface area contributed by atoms with Gasteiger partial charge in [0.25, 0.3) is 0 Å². The van der Waals surface area contributed by atoms with E-state index in [0.29, 0.717) is 6.54 Å². The van der Waals surface area contributed by atoms with Crippen LogP contribution >= 0.6 is 0 Å². The van der Waals surface area contributed by atoms with Crippen molar-refractivity contribution in [1.82, 2.24) is 10.2 Å². The number of hydrogen-bond donors (Lipinski definition) is 4. The first kappa shape index (κ1) is 21.0. The molecular weight excluding hydrogens is 354 g/mol. The molecule has 0 amide bonds. The third-order valence-electron chi connectivity index (χ3n) is 4.09. The fourth-order valence-electron chi connectivity index (χ4n) is 2.65. The van der Waals surface area contributed by atoms with Gasteiger partial charge >= 0.3 is 0 Å². The van der Waals surface area contributed by atoms with E-state index in [2.05, 4.69) is 20.6 Å². The Morgan fingerprint density at radius 1 is 1.11 bits per heavy atom. The predicted octanol–water partition coefficient (Wildman–Crippen LogP) is 3.14. The van der Waals surface area contributed by atoms with Crippen LogP contribution < -0.4 is 15.6 Å². The summed E-state index contributed by atoms with van der Waals surface area (Å²) in [4.78, 5) is 2.05. The van der Waals surface area contributed by atoms with Gasteiger partial charge in [0.15, 0.2) is 0 Å². The molecule has 0 aromatic heterocycles. The van der Waals surface area contributed by atoms with Crippen molar-refractivity contribution in [1.29, 1.82) is 0 Å². The number of nitrogens with one attached hydrogen (secondary N) is 2. The van der Waals surface area contributed by atoms with E-state index in [1.54, 1.807) is 12.1 Å². The highest BCUT2D eigenvalue weighted by Crippen LogP contribution is 2.24. The van der Waals surface area contributed by atoms with Crippen LogP contribution in [-0.4, -0.2) is 48.5 Å². The number of aromatic hydroxyl groups is 2. The van der Waals surface area contributed by atoms with Gasteiger partial charge in [-0.3, -0.25) is 5.01 Å². The van der Waals surface area contributed by atoms with Crippen molar-refractivity contribution in [2.75, 3.05) is 38.0 Å². The molecule has 2 rings (SSSR count). The maximum atomic E-state index is 9.85. The van der Waals surface area contributed by atoms with E-state index >= 15 is 0 Å². The highest BCUT2D eigenvalue weighted by molar-refractivity contribution is 5.84. The number of phenols is 2. The van der Waals surface area contributed by atoms with Crippen molar-refractivity contribution in [3.05, 3.63) is 60.4 Å². The molecule has 0 saturated heterocycles. The Labute approximate surface area is 166 Å². The van der Waals surface area contributed by atoms with Crippen molar-refractivity contribution in [3.63, 3.8) is 0 Å². The Hall–Kier alpha value is -3.35. The van der Waals surface area contributed by atoms with Gasteiger partial charge in [-0.25, -0.2) is 0 Å². The molecule has 4 N–H and O–H groups in total. The molecule has 0 fully saturated rings. The zero-order valence-corrected chi connectivity index (χ0v) is 16.8. The van der Waals surface area contributed by atoms with Crippen LogP contribution in [0.3, 0.4) is 0 Å². The van der Waals surface area contributed by atoms with E-state index in [4.69, 9.17) is 0 Å². The summed E-state index contributed by atoms with van der Waals surface area (Å²) in [6, 6.07) is 12.5. The van der Waals surface area contributed by atoms with Crippen molar-refractivity contribution in [2.45, 2.75) is 13.5 Å². The Balaban J connectivity index is 1.93. The molecule has 0 aliphatic carbocycles. The normalized spacial score (nSPS) is 11.5. The van der Waals surface area contributed by atoms with Crippen LogP contribution in [0, 0.1) is 0 Å². The van der Waals surface area contributed by atoms with E-state index in [9.17, 15) is 10.2 Å². The molecule has 0 saturated carbocycles. The first-order valence-corrected chi connectivity index (χ1v) is 9.06. The average molecular weight is 383 g/mol. The second-order valence-corrected chi connectivity index (χ2v) is 6.59. The lowest BCUT2D eigenvalue weighted by Crippen LogP contribution is -2.22. The molecule has 150 valence electrons. The summed E-state index contributed by atoms with van der Waals surface area (Å²) in [5, 5.41) is 31.9. The highest BCUT2D eigenvalue weighted by atomic mass is 16.3. The minimum absolute atomic E-state index is 0.0498. The second-order valence-electron chi connectivity index (χ2n) is 6.59. The third kappa shape index (κ3) is 6.42. The number of phenolic OH excluding ortho intramolecular Hbond substituents is 2. The number of anilines is 2. The molecule has 0 aliphatic rings. The van der Waals surface area contributed by atoms with Gasteiger partial charge in [-0.05, 0) is 43.3 Å². The summed E-state index contributed by atoms with van der Waals surface area (Å²) in [5.74, 6) is 0.122.